The molecule has 2 aliphatic rings. The lowest BCUT2D eigenvalue weighted by Crippen LogP contribution is -2.19. The van der Waals surface area contributed by atoms with Gasteiger partial charge in [0.1, 0.15) is 0 Å². The Balaban J connectivity index is 1.89. The van der Waals surface area contributed by atoms with Gasteiger partial charge in [-0.25, -0.2) is 0 Å². The van der Waals surface area contributed by atoms with Crippen molar-refractivity contribution in [1.82, 2.24) is 0 Å². The maximum Gasteiger partial charge on any atom is -0.0357 e. The lowest BCUT2D eigenvalue weighted by atomic mass is 9.78. The maximum absolute atomic E-state index is 2.60. The number of hydrogen-bond acceptors (Lipinski definition) is 0. The second-order valence-electron chi connectivity index (χ2n) is 10.4. The molecule has 0 aromatic heterocycles. The zero-order valence-corrected chi connectivity index (χ0v) is 18.7. The largest absolute Gasteiger partial charge is 0.0654 e. The molecule has 0 heteroatoms. The van der Waals surface area contributed by atoms with Gasteiger partial charge in [-0.3, -0.25) is 0 Å². The first-order valence-electron chi connectivity index (χ1n) is 11.8. The minimum Gasteiger partial charge on any atom is -0.0654 e. The van der Waals surface area contributed by atoms with Crippen molar-refractivity contribution < 1.29 is 0 Å². The van der Waals surface area contributed by atoms with Crippen LogP contribution in [0.15, 0.2) is 0 Å². The van der Waals surface area contributed by atoms with Gasteiger partial charge in [0.2, 0.25) is 0 Å². The van der Waals surface area contributed by atoms with Crippen LogP contribution < -0.4 is 0 Å². The Bertz CT molecular complexity index is 371. The number of hydrogen-bond donors (Lipinski definition) is 0. The molecular weight excluding hydrogens is 300 g/mol. The van der Waals surface area contributed by atoms with Gasteiger partial charge in [0.15, 0.2) is 0 Å². The first-order valence-corrected chi connectivity index (χ1v) is 11.8. The van der Waals surface area contributed by atoms with Crippen molar-refractivity contribution in [3.63, 3.8) is 0 Å². The Hall–Kier alpha value is 0. The molecule has 9 atom stereocenters. The van der Waals surface area contributed by atoms with Crippen LogP contribution in [-0.2, 0) is 0 Å². The molecule has 2 rings (SSSR count). The summed E-state index contributed by atoms with van der Waals surface area (Å²) in [6.07, 6.45) is 10.2. The van der Waals surface area contributed by atoms with Gasteiger partial charge in [0, 0.05) is 0 Å². The summed E-state index contributed by atoms with van der Waals surface area (Å²) in [5, 5.41) is 0. The van der Waals surface area contributed by atoms with Crippen molar-refractivity contribution >= 4 is 0 Å². The topological polar surface area (TPSA) is 0 Å². The van der Waals surface area contributed by atoms with Crippen LogP contribution in [-0.4, -0.2) is 0 Å². The third-order valence-corrected chi connectivity index (χ3v) is 9.59. The fraction of sp³-hybridized carbons (Fsp3) is 1.00. The van der Waals surface area contributed by atoms with E-state index in [2.05, 4.69) is 55.4 Å². The van der Waals surface area contributed by atoms with E-state index in [4.69, 9.17) is 0 Å². The first-order chi connectivity index (χ1) is 11.8. The van der Waals surface area contributed by atoms with Gasteiger partial charge in [-0.1, -0.05) is 81.1 Å². The molecule has 0 saturated heterocycles. The average molecular weight is 349 g/mol. The molecule has 25 heavy (non-hydrogen) atoms. The van der Waals surface area contributed by atoms with E-state index in [0.717, 1.165) is 59.2 Å². The van der Waals surface area contributed by atoms with Crippen LogP contribution in [0, 0.1) is 59.2 Å². The van der Waals surface area contributed by atoms with Crippen LogP contribution in [0.4, 0.5) is 0 Å². The Labute approximate surface area is 159 Å². The lowest BCUT2D eigenvalue weighted by molar-refractivity contribution is 0.225. The fourth-order valence-corrected chi connectivity index (χ4v) is 7.04. The Morgan fingerprint density at radius 3 is 1.28 bits per heavy atom. The second-order valence-corrected chi connectivity index (χ2v) is 10.4. The molecule has 0 heterocycles. The first kappa shape index (κ1) is 21.3. The van der Waals surface area contributed by atoms with E-state index in [1.807, 2.05) is 0 Å². The standard InChI is InChI=1S/C25H48/c1-9-10-11-12-13-23-20(6)21(7)25(22(23)8)15-14-24-18(4)16(2)17(3)19(24)5/h16-25H,9-15H2,1-8H3/t16?,17?,18?,19?,20?,21?,22?,23?,24?,25-/m1/s1. The van der Waals surface area contributed by atoms with Crippen LogP contribution in [0.25, 0.3) is 0 Å². The molecule has 8 unspecified atom stereocenters. The summed E-state index contributed by atoms with van der Waals surface area (Å²) < 4.78 is 0. The summed E-state index contributed by atoms with van der Waals surface area (Å²) >= 11 is 0. The van der Waals surface area contributed by atoms with Gasteiger partial charge < -0.3 is 0 Å². The molecule has 2 saturated carbocycles. The Morgan fingerprint density at radius 2 is 0.800 bits per heavy atom. The van der Waals surface area contributed by atoms with E-state index in [1.165, 1.54) is 44.9 Å². The zero-order valence-electron chi connectivity index (χ0n) is 18.7. The highest BCUT2D eigenvalue weighted by Gasteiger charge is 2.45. The summed E-state index contributed by atoms with van der Waals surface area (Å²) in [6, 6.07) is 0. The van der Waals surface area contributed by atoms with Crippen molar-refractivity contribution in [2.45, 2.75) is 100 Å². The minimum absolute atomic E-state index is 0.920. The predicted molar refractivity (Wildman–Crippen MR) is 113 cm³/mol. The molecule has 0 aromatic rings. The van der Waals surface area contributed by atoms with E-state index >= 15 is 0 Å². The van der Waals surface area contributed by atoms with Crippen LogP contribution in [0.3, 0.4) is 0 Å². The van der Waals surface area contributed by atoms with Crippen molar-refractivity contribution in [2.24, 2.45) is 59.2 Å². The molecule has 0 amide bonds. The van der Waals surface area contributed by atoms with Crippen molar-refractivity contribution in [2.75, 3.05) is 0 Å². The smallest absolute Gasteiger partial charge is 0.0357 e. The fourth-order valence-electron chi connectivity index (χ4n) is 7.04. The highest BCUT2D eigenvalue weighted by molar-refractivity contribution is 4.94. The van der Waals surface area contributed by atoms with Gasteiger partial charge in [0.25, 0.3) is 0 Å². The van der Waals surface area contributed by atoms with E-state index in [-0.39, 0.29) is 0 Å². The molecule has 0 N–H and O–H groups in total. The minimum atomic E-state index is 0.920. The lowest BCUT2D eigenvalue weighted by Gasteiger charge is -2.27. The molecular formula is C25H48. The van der Waals surface area contributed by atoms with Gasteiger partial charge in [-0.15, -0.1) is 0 Å². The Morgan fingerprint density at radius 1 is 0.400 bits per heavy atom. The van der Waals surface area contributed by atoms with Crippen molar-refractivity contribution in [1.29, 1.82) is 0 Å². The predicted octanol–water partition coefficient (Wildman–Crippen LogP) is 8.07. The summed E-state index contributed by atoms with van der Waals surface area (Å²) in [5.74, 6) is 9.48. The number of unbranched alkanes of at least 4 members (excludes halogenated alkanes) is 3. The van der Waals surface area contributed by atoms with Gasteiger partial charge in [-0.05, 0) is 78.4 Å². The number of rotatable bonds is 8. The summed E-state index contributed by atoms with van der Waals surface area (Å²) in [6.45, 7) is 20.1. The van der Waals surface area contributed by atoms with E-state index in [1.54, 1.807) is 0 Å². The molecule has 0 aromatic carbocycles. The SMILES string of the molecule is CCCCCCC1C(C)C(C)[C@@H](CCC2C(C)C(C)C(C)C2C)C1C. The van der Waals surface area contributed by atoms with E-state index < -0.39 is 0 Å². The monoisotopic (exact) mass is 348 g/mol. The van der Waals surface area contributed by atoms with Gasteiger partial charge in [0.05, 0.1) is 0 Å². The Kier molecular flexibility index (Phi) is 7.90. The van der Waals surface area contributed by atoms with Gasteiger partial charge in [-0.2, -0.15) is 0 Å². The molecule has 2 aliphatic carbocycles. The van der Waals surface area contributed by atoms with Crippen LogP contribution >= 0.6 is 0 Å². The zero-order chi connectivity index (χ0) is 18.7. The molecule has 0 bridgehead atoms. The molecule has 148 valence electrons. The average Bonchev–Trinajstić information content (AvgIpc) is 2.90. The quantitative estimate of drug-likeness (QED) is 0.389. The molecule has 0 radical (unpaired) electrons. The molecule has 0 aliphatic heterocycles. The highest BCUT2D eigenvalue weighted by Crippen LogP contribution is 2.52. The molecule has 0 spiro atoms. The van der Waals surface area contributed by atoms with Crippen LogP contribution in [0.1, 0.15) is 100 Å². The maximum atomic E-state index is 2.60. The molecule has 0 nitrogen and oxygen atoms in total. The van der Waals surface area contributed by atoms with Crippen molar-refractivity contribution in [3.8, 4) is 0 Å². The summed E-state index contributed by atoms with van der Waals surface area (Å²) in [4.78, 5) is 0. The van der Waals surface area contributed by atoms with E-state index in [0.29, 0.717) is 0 Å². The van der Waals surface area contributed by atoms with Crippen LogP contribution in [0.5, 0.6) is 0 Å². The third-order valence-electron chi connectivity index (χ3n) is 9.59. The summed E-state index contributed by atoms with van der Waals surface area (Å²) in [5.41, 5.74) is 0. The third kappa shape index (κ3) is 4.47. The van der Waals surface area contributed by atoms with Crippen LogP contribution in [0.2, 0.25) is 0 Å². The van der Waals surface area contributed by atoms with E-state index in [9.17, 15) is 0 Å². The summed E-state index contributed by atoms with van der Waals surface area (Å²) in [7, 11) is 0. The van der Waals surface area contributed by atoms with Gasteiger partial charge >= 0.3 is 0 Å². The van der Waals surface area contributed by atoms with Crippen molar-refractivity contribution in [3.05, 3.63) is 0 Å². The normalized spacial score (nSPS) is 47.5. The second kappa shape index (κ2) is 9.27. The highest BCUT2D eigenvalue weighted by atomic mass is 14.5. The molecule has 2 fully saturated rings.